The highest BCUT2D eigenvalue weighted by Gasteiger charge is 2.31. The molecule has 0 bridgehead atoms. The molecule has 0 aromatic carbocycles. The number of hydrogen-bond acceptors (Lipinski definition) is 15. The van der Waals surface area contributed by atoms with Gasteiger partial charge in [0.15, 0.2) is 12.2 Å². The quantitative estimate of drug-likeness (QED) is 0.0222. The third-order valence-electron chi connectivity index (χ3n) is 21.9. The molecule has 0 aliphatic rings. The van der Waals surface area contributed by atoms with E-state index in [1.807, 2.05) is 0 Å². The zero-order valence-corrected chi connectivity index (χ0v) is 74.2. The predicted octanol–water partition coefficient (Wildman–Crippen LogP) is 28.3. The standard InChI is InChI=1S/C91H178O17P2/c1-6-10-13-16-19-21-23-25-27-29-31-32-33-35-39-43-47-51-55-60-65-70-75-89(94)102-81-87(108-91(96)77-72-67-62-57-53-49-45-41-37-36-38-42-46-50-54-59-63-68-73-84(5)9-4)83-106-110(99,100)104-79-85(92)78-103-109(97,98)105-82-86(80-101-88(93)74-69-64-58-18-15-12-8-3)107-90(95)76-71-66-61-56-52-48-44-40-34-30-28-26-24-22-20-17-14-11-7-2/h84-87,92H,6-83H2,1-5H3,(H,97,98)(H,99,100)/t84?,85-,86+,87+/m0/s1. The van der Waals surface area contributed by atoms with Crippen LogP contribution in [0.2, 0.25) is 0 Å². The molecular weight excluding hydrogens is 1430 g/mol. The van der Waals surface area contributed by atoms with E-state index in [0.29, 0.717) is 25.7 Å². The van der Waals surface area contributed by atoms with Crippen molar-refractivity contribution >= 4 is 39.5 Å². The molecule has 0 spiro atoms. The Morgan fingerprint density at radius 3 is 0.645 bits per heavy atom. The van der Waals surface area contributed by atoms with Gasteiger partial charge < -0.3 is 33.8 Å². The van der Waals surface area contributed by atoms with Crippen molar-refractivity contribution in [1.82, 2.24) is 0 Å². The number of phosphoric ester groups is 2. The fraction of sp³-hybridized carbons (Fsp3) is 0.956. The molecule has 0 saturated carbocycles. The lowest BCUT2D eigenvalue weighted by atomic mass is 9.99. The van der Waals surface area contributed by atoms with Crippen molar-refractivity contribution < 1.29 is 80.2 Å². The fourth-order valence-corrected chi connectivity index (χ4v) is 15.9. The number of esters is 4. The minimum atomic E-state index is -4.97. The molecule has 0 aromatic heterocycles. The van der Waals surface area contributed by atoms with E-state index >= 15 is 0 Å². The largest absolute Gasteiger partial charge is 0.472 e. The summed E-state index contributed by atoms with van der Waals surface area (Å²) in [5.41, 5.74) is 0. The SMILES string of the molecule is CCCCCCCCCCCCCCCCCCCCCCCCC(=O)OC[C@H](COP(=O)(O)OC[C@@H](O)COP(=O)(O)OC[C@@H](COC(=O)CCCCCCCCC)OC(=O)CCCCCCCCCCCCCCCCCCCCC)OC(=O)CCCCCCCCCCCCCCCCCCCCC(C)CC. The summed E-state index contributed by atoms with van der Waals surface area (Å²) >= 11 is 0. The molecule has 17 nitrogen and oxygen atoms in total. The summed E-state index contributed by atoms with van der Waals surface area (Å²) in [6, 6.07) is 0. The van der Waals surface area contributed by atoms with Gasteiger partial charge in [-0.05, 0) is 31.6 Å². The first-order chi connectivity index (χ1) is 53.6. The third kappa shape index (κ3) is 82.6. The molecule has 654 valence electrons. The molecule has 0 fully saturated rings. The number of carbonyl (C=O) groups excluding carboxylic acids is 4. The minimum absolute atomic E-state index is 0.109. The van der Waals surface area contributed by atoms with Crippen LogP contribution in [0.25, 0.3) is 0 Å². The van der Waals surface area contributed by atoms with E-state index in [9.17, 15) is 43.2 Å². The average Bonchev–Trinajstić information content (AvgIpc) is 0.897. The number of carbonyl (C=O) groups is 4. The molecule has 0 aliphatic carbocycles. The van der Waals surface area contributed by atoms with Crippen molar-refractivity contribution in [3.8, 4) is 0 Å². The highest BCUT2D eigenvalue weighted by atomic mass is 31.2. The summed E-state index contributed by atoms with van der Waals surface area (Å²) < 4.78 is 68.9. The average molecular weight is 1610 g/mol. The van der Waals surface area contributed by atoms with Gasteiger partial charge in [-0.3, -0.25) is 37.3 Å². The summed E-state index contributed by atoms with van der Waals surface area (Å²) in [7, 11) is -9.93. The fourth-order valence-electron chi connectivity index (χ4n) is 14.3. The summed E-state index contributed by atoms with van der Waals surface area (Å²) in [5.74, 6) is -1.23. The molecule has 0 heterocycles. The number of hydrogen-bond donors (Lipinski definition) is 3. The Hall–Kier alpha value is -1.94. The van der Waals surface area contributed by atoms with Gasteiger partial charge >= 0.3 is 39.5 Å². The zero-order chi connectivity index (χ0) is 80.4. The third-order valence-corrected chi connectivity index (χ3v) is 23.8. The number of aliphatic hydroxyl groups excluding tert-OH is 1. The van der Waals surface area contributed by atoms with Crippen LogP contribution in [0.3, 0.4) is 0 Å². The smallest absolute Gasteiger partial charge is 0.462 e. The van der Waals surface area contributed by atoms with Crippen LogP contribution < -0.4 is 0 Å². The molecule has 0 aromatic rings. The zero-order valence-electron chi connectivity index (χ0n) is 72.4. The van der Waals surface area contributed by atoms with Gasteiger partial charge in [-0.1, -0.05) is 446 Å². The number of phosphoric acid groups is 2. The molecule has 0 rings (SSSR count). The Balaban J connectivity index is 5.14. The Labute approximate surface area is 677 Å². The maximum absolute atomic E-state index is 13.2. The van der Waals surface area contributed by atoms with Crippen LogP contribution in [0.1, 0.15) is 497 Å². The topological polar surface area (TPSA) is 237 Å². The van der Waals surface area contributed by atoms with Gasteiger partial charge in [-0.25, -0.2) is 9.13 Å². The summed E-state index contributed by atoms with van der Waals surface area (Å²) in [6.07, 6.45) is 79.6. The second kappa shape index (κ2) is 83.5. The van der Waals surface area contributed by atoms with Crippen LogP contribution in [0.5, 0.6) is 0 Å². The first-order valence-electron chi connectivity index (χ1n) is 47.2. The summed E-state index contributed by atoms with van der Waals surface area (Å²) in [4.78, 5) is 73.2. The molecule has 0 saturated heterocycles. The van der Waals surface area contributed by atoms with E-state index in [4.69, 9.17) is 37.0 Å². The highest BCUT2D eigenvalue weighted by molar-refractivity contribution is 7.47. The molecular formula is C91H178O17P2. The Bertz CT molecular complexity index is 2080. The molecule has 3 N–H and O–H groups in total. The monoisotopic (exact) mass is 1610 g/mol. The van der Waals surface area contributed by atoms with E-state index in [-0.39, 0.29) is 25.7 Å². The van der Waals surface area contributed by atoms with Crippen molar-refractivity contribution in [3.63, 3.8) is 0 Å². The normalized spacial score (nSPS) is 13.9. The van der Waals surface area contributed by atoms with Gasteiger partial charge in [-0.15, -0.1) is 0 Å². The number of unbranched alkanes of at least 4 members (excludes halogenated alkanes) is 62. The molecule has 3 unspecified atom stereocenters. The molecule has 110 heavy (non-hydrogen) atoms. The lowest BCUT2D eigenvalue weighted by Crippen LogP contribution is -2.30. The Morgan fingerprint density at radius 2 is 0.436 bits per heavy atom. The van der Waals surface area contributed by atoms with E-state index < -0.39 is 97.5 Å². The number of ether oxygens (including phenoxy) is 4. The second-order valence-corrected chi connectivity index (χ2v) is 35.8. The van der Waals surface area contributed by atoms with Crippen LogP contribution in [0.4, 0.5) is 0 Å². The summed E-state index contributed by atoms with van der Waals surface area (Å²) in [5, 5.41) is 10.7. The van der Waals surface area contributed by atoms with Gasteiger partial charge in [-0.2, -0.15) is 0 Å². The van der Waals surface area contributed by atoms with Crippen molar-refractivity contribution in [2.75, 3.05) is 39.6 Å². The van der Waals surface area contributed by atoms with E-state index in [0.717, 1.165) is 109 Å². The van der Waals surface area contributed by atoms with Crippen molar-refractivity contribution in [2.45, 2.75) is 515 Å². The number of aliphatic hydroxyl groups is 1. The molecule has 19 heteroatoms. The first kappa shape index (κ1) is 108. The minimum Gasteiger partial charge on any atom is -0.462 e. The Kier molecular flexibility index (Phi) is 82.1. The van der Waals surface area contributed by atoms with Crippen LogP contribution in [0, 0.1) is 5.92 Å². The lowest BCUT2D eigenvalue weighted by molar-refractivity contribution is -0.161. The van der Waals surface area contributed by atoms with Gasteiger partial charge in [0.2, 0.25) is 0 Å². The predicted molar refractivity (Wildman–Crippen MR) is 455 cm³/mol. The van der Waals surface area contributed by atoms with E-state index in [1.54, 1.807) is 0 Å². The van der Waals surface area contributed by atoms with E-state index in [2.05, 4.69) is 34.6 Å². The molecule has 0 radical (unpaired) electrons. The van der Waals surface area contributed by atoms with E-state index in [1.165, 1.54) is 308 Å². The van der Waals surface area contributed by atoms with Crippen LogP contribution in [-0.4, -0.2) is 96.7 Å². The molecule has 0 amide bonds. The van der Waals surface area contributed by atoms with Crippen molar-refractivity contribution in [1.29, 1.82) is 0 Å². The maximum atomic E-state index is 13.2. The molecule has 6 atom stereocenters. The second-order valence-electron chi connectivity index (χ2n) is 32.9. The van der Waals surface area contributed by atoms with Crippen molar-refractivity contribution in [3.05, 3.63) is 0 Å². The van der Waals surface area contributed by atoms with Gasteiger partial charge in [0.25, 0.3) is 0 Å². The highest BCUT2D eigenvalue weighted by Crippen LogP contribution is 2.45. The Morgan fingerprint density at radius 1 is 0.255 bits per heavy atom. The van der Waals surface area contributed by atoms with Gasteiger partial charge in [0.1, 0.15) is 19.3 Å². The number of rotatable bonds is 91. The summed E-state index contributed by atoms with van der Waals surface area (Å²) in [6.45, 7) is 7.41. The van der Waals surface area contributed by atoms with Gasteiger partial charge in [0.05, 0.1) is 26.4 Å². The lowest BCUT2D eigenvalue weighted by Gasteiger charge is -2.21. The van der Waals surface area contributed by atoms with Crippen molar-refractivity contribution in [2.24, 2.45) is 5.92 Å². The molecule has 0 aliphatic heterocycles. The van der Waals surface area contributed by atoms with Gasteiger partial charge in [0, 0.05) is 25.7 Å². The van der Waals surface area contributed by atoms with Crippen LogP contribution in [0.15, 0.2) is 0 Å². The maximum Gasteiger partial charge on any atom is 0.472 e. The van der Waals surface area contributed by atoms with Crippen LogP contribution in [-0.2, 0) is 65.4 Å². The first-order valence-corrected chi connectivity index (χ1v) is 50.2. The van der Waals surface area contributed by atoms with Crippen LogP contribution >= 0.6 is 15.6 Å².